The van der Waals surface area contributed by atoms with Gasteiger partial charge in [-0.2, -0.15) is 0 Å². The minimum atomic E-state index is 0.0527. The van der Waals surface area contributed by atoms with Crippen molar-refractivity contribution in [2.24, 2.45) is 5.92 Å². The van der Waals surface area contributed by atoms with Gasteiger partial charge in [0.05, 0.1) is 13.2 Å². The largest absolute Gasteiger partial charge is 0.379 e. The van der Waals surface area contributed by atoms with E-state index in [1.54, 1.807) is 12.3 Å². The van der Waals surface area contributed by atoms with Gasteiger partial charge in [-0.1, -0.05) is 6.92 Å². The SMILES string of the molecule is C[C@H]1CN(C(=O)c2ccnc(C3CC3)n2)C[C@H]1N1CCOCC1. The third-order valence-electron chi connectivity index (χ3n) is 5.21. The van der Waals surface area contributed by atoms with Gasteiger partial charge in [-0.05, 0) is 24.8 Å². The molecule has 0 radical (unpaired) electrons. The zero-order chi connectivity index (χ0) is 15.8. The molecule has 0 bridgehead atoms. The van der Waals surface area contributed by atoms with Crippen molar-refractivity contribution in [3.63, 3.8) is 0 Å². The van der Waals surface area contributed by atoms with Crippen molar-refractivity contribution >= 4 is 5.91 Å². The van der Waals surface area contributed by atoms with Crippen LogP contribution in [0.2, 0.25) is 0 Å². The van der Waals surface area contributed by atoms with Crippen LogP contribution in [0.3, 0.4) is 0 Å². The van der Waals surface area contributed by atoms with Crippen LogP contribution in [0, 0.1) is 5.92 Å². The highest BCUT2D eigenvalue weighted by molar-refractivity contribution is 5.92. The molecule has 1 aromatic rings. The van der Waals surface area contributed by atoms with E-state index < -0.39 is 0 Å². The average molecular weight is 316 g/mol. The lowest BCUT2D eigenvalue weighted by molar-refractivity contribution is 0.0119. The van der Waals surface area contributed by atoms with Gasteiger partial charge in [0.2, 0.25) is 0 Å². The lowest BCUT2D eigenvalue weighted by Gasteiger charge is -2.33. The summed E-state index contributed by atoms with van der Waals surface area (Å²) in [6.45, 7) is 7.38. The number of carbonyl (C=O) groups excluding carboxylic acids is 1. The molecule has 3 fully saturated rings. The number of hydrogen-bond acceptors (Lipinski definition) is 5. The molecule has 2 aliphatic heterocycles. The Bertz CT molecular complexity index is 584. The molecular formula is C17H24N4O2. The quantitative estimate of drug-likeness (QED) is 0.837. The fourth-order valence-corrected chi connectivity index (χ4v) is 3.69. The maximum Gasteiger partial charge on any atom is 0.272 e. The molecule has 3 aliphatic rings. The number of nitrogens with zero attached hydrogens (tertiary/aromatic N) is 4. The van der Waals surface area contributed by atoms with Crippen molar-refractivity contribution in [1.82, 2.24) is 19.8 Å². The molecule has 1 aromatic heterocycles. The van der Waals surface area contributed by atoms with Crippen molar-refractivity contribution in [3.05, 3.63) is 23.8 Å². The molecule has 0 aromatic carbocycles. The first-order chi connectivity index (χ1) is 11.2. The van der Waals surface area contributed by atoms with E-state index in [9.17, 15) is 4.79 Å². The summed E-state index contributed by atoms with van der Waals surface area (Å²) in [5, 5.41) is 0. The monoisotopic (exact) mass is 316 g/mol. The van der Waals surface area contributed by atoms with E-state index in [-0.39, 0.29) is 5.91 Å². The van der Waals surface area contributed by atoms with Crippen LogP contribution >= 0.6 is 0 Å². The summed E-state index contributed by atoms with van der Waals surface area (Å²) in [7, 11) is 0. The molecule has 23 heavy (non-hydrogen) atoms. The highest BCUT2D eigenvalue weighted by Gasteiger charge is 2.37. The molecule has 2 atom stereocenters. The Hall–Kier alpha value is -1.53. The maximum atomic E-state index is 12.8. The summed E-state index contributed by atoms with van der Waals surface area (Å²) < 4.78 is 5.44. The first kappa shape index (κ1) is 15.0. The lowest BCUT2D eigenvalue weighted by Crippen LogP contribution is -2.47. The first-order valence-electron chi connectivity index (χ1n) is 8.66. The van der Waals surface area contributed by atoms with Crippen LogP contribution in [0.1, 0.15) is 42.0 Å². The van der Waals surface area contributed by atoms with Gasteiger partial charge < -0.3 is 9.64 Å². The highest BCUT2D eigenvalue weighted by atomic mass is 16.5. The van der Waals surface area contributed by atoms with E-state index in [0.29, 0.717) is 23.6 Å². The number of hydrogen-bond donors (Lipinski definition) is 0. The fourth-order valence-electron chi connectivity index (χ4n) is 3.69. The van der Waals surface area contributed by atoms with Crippen LogP contribution in [-0.4, -0.2) is 71.1 Å². The first-order valence-corrected chi connectivity index (χ1v) is 8.66. The summed E-state index contributed by atoms with van der Waals surface area (Å²) in [5.74, 6) is 1.85. The molecule has 124 valence electrons. The topological polar surface area (TPSA) is 58.6 Å². The van der Waals surface area contributed by atoms with E-state index in [2.05, 4.69) is 21.8 Å². The molecule has 6 nitrogen and oxygen atoms in total. The molecule has 6 heteroatoms. The lowest BCUT2D eigenvalue weighted by atomic mass is 10.0. The number of carbonyl (C=O) groups is 1. The minimum absolute atomic E-state index is 0.0527. The predicted molar refractivity (Wildman–Crippen MR) is 85.3 cm³/mol. The number of ether oxygens (including phenoxy) is 1. The maximum absolute atomic E-state index is 12.8. The second-order valence-electron chi connectivity index (χ2n) is 6.98. The molecule has 2 saturated heterocycles. The minimum Gasteiger partial charge on any atom is -0.379 e. The molecule has 0 N–H and O–H groups in total. The predicted octanol–water partition coefficient (Wildman–Crippen LogP) is 1.15. The van der Waals surface area contributed by atoms with E-state index in [1.807, 2.05) is 4.90 Å². The molecule has 0 spiro atoms. The normalized spacial score (nSPS) is 29.0. The van der Waals surface area contributed by atoms with E-state index in [4.69, 9.17) is 4.74 Å². The molecule has 1 amide bonds. The summed E-state index contributed by atoms with van der Waals surface area (Å²) in [6.07, 6.45) is 4.03. The molecule has 0 unspecified atom stereocenters. The van der Waals surface area contributed by atoms with Gasteiger partial charge in [0.25, 0.3) is 5.91 Å². The second kappa shape index (κ2) is 6.17. The van der Waals surface area contributed by atoms with Crippen LogP contribution in [-0.2, 0) is 4.74 Å². The van der Waals surface area contributed by atoms with Gasteiger partial charge in [-0.15, -0.1) is 0 Å². The van der Waals surface area contributed by atoms with Crippen molar-refractivity contribution in [2.75, 3.05) is 39.4 Å². The standard InChI is InChI=1S/C17H24N4O2/c1-12-10-21(11-15(12)20-6-8-23-9-7-20)17(22)14-4-5-18-16(19-14)13-2-3-13/h4-5,12-13,15H,2-3,6-11H2,1H3/t12-,15+/m0/s1. The van der Waals surface area contributed by atoms with E-state index in [0.717, 1.165) is 58.1 Å². The molecule has 1 aliphatic carbocycles. The van der Waals surface area contributed by atoms with Crippen LogP contribution in [0.15, 0.2) is 12.3 Å². The summed E-state index contributed by atoms with van der Waals surface area (Å²) in [6, 6.07) is 2.19. The summed E-state index contributed by atoms with van der Waals surface area (Å²) in [5.41, 5.74) is 0.553. The summed E-state index contributed by atoms with van der Waals surface area (Å²) in [4.78, 5) is 26.1. The number of likely N-dealkylation sites (tertiary alicyclic amines) is 1. The Morgan fingerprint density at radius 1 is 1.26 bits per heavy atom. The third kappa shape index (κ3) is 3.10. The van der Waals surface area contributed by atoms with Gasteiger partial charge in [-0.3, -0.25) is 9.69 Å². The van der Waals surface area contributed by atoms with Gasteiger partial charge in [0.1, 0.15) is 11.5 Å². The Labute approximate surface area is 136 Å². The highest BCUT2D eigenvalue weighted by Crippen LogP contribution is 2.37. The van der Waals surface area contributed by atoms with Gasteiger partial charge in [0, 0.05) is 44.3 Å². The molecular weight excluding hydrogens is 292 g/mol. The van der Waals surface area contributed by atoms with Gasteiger partial charge in [-0.25, -0.2) is 9.97 Å². The Kier molecular flexibility index (Phi) is 4.03. The Balaban J connectivity index is 1.45. The smallest absolute Gasteiger partial charge is 0.272 e. The van der Waals surface area contributed by atoms with Crippen molar-refractivity contribution < 1.29 is 9.53 Å². The number of rotatable bonds is 3. The second-order valence-corrected chi connectivity index (χ2v) is 6.98. The molecule has 4 rings (SSSR count). The van der Waals surface area contributed by atoms with Gasteiger partial charge in [0.15, 0.2) is 0 Å². The molecule has 1 saturated carbocycles. The fraction of sp³-hybridized carbons (Fsp3) is 0.706. The van der Waals surface area contributed by atoms with Crippen LogP contribution < -0.4 is 0 Å². The van der Waals surface area contributed by atoms with Crippen molar-refractivity contribution in [3.8, 4) is 0 Å². The van der Waals surface area contributed by atoms with Gasteiger partial charge >= 0.3 is 0 Å². The van der Waals surface area contributed by atoms with Crippen LogP contribution in [0.4, 0.5) is 0 Å². The zero-order valence-corrected chi connectivity index (χ0v) is 13.6. The molecule has 3 heterocycles. The van der Waals surface area contributed by atoms with Crippen molar-refractivity contribution in [1.29, 1.82) is 0 Å². The van der Waals surface area contributed by atoms with Crippen molar-refractivity contribution in [2.45, 2.75) is 31.7 Å². The van der Waals surface area contributed by atoms with E-state index >= 15 is 0 Å². The number of amides is 1. The van der Waals surface area contributed by atoms with E-state index in [1.165, 1.54) is 0 Å². The number of morpholine rings is 1. The summed E-state index contributed by atoms with van der Waals surface area (Å²) >= 11 is 0. The Morgan fingerprint density at radius 2 is 2.04 bits per heavy atom. The zero-order valence-electron chi connectivity index (χ0n) is 13.6. The van der Waals surface area contributed by atoms with Crippen LogP contribution in [0.25, 0.3) is 0 Å². The number of aromatic nitrogens is 2. The Morgan fingerprint density at radius 3 is 2.78 bits per heavy atom. The average Bonchev–Trinajstić information content (AvgIpc) is 3.37. The van der Waals surface area contributed by atoms with Crippen LogP contribution in [0.5, 0.6) is 0 Å². The third-order valence-corrected chi connectivity index (χ3v) is 5.21.